The lowest BCUT2D eigenvalue weighted by Gasteiger charge is -2.04. The summed E-state index contributed by atoms with van der Waals surface area (Å²) in [4.78, 5) is 24.3. The van der Waals surface area contributed by atoms with Gasteiger partial charge in [0.25, 0.3) is 5.91 Å². The van der Waals surface area contributed by atoms with Crippen LogP contribution in [0.15, 0.2) is 52.9 Å². The molecule has 0 aliphatic heterocycles. The number of halogens is 2. The van der Waals surface area contributed by atoms with E-state index in [-0.39, 0.29) is 22.2 Å². The van der Waals surface area contributed by atoms with Gasteiger partial charge in [-0.2, -0.15) is 0 Å². The second kappa shape index (κ2) is 10.6. The molecule has 10 heteroatoms. The first-order valence-electron chi connectivity index (χ1n) is 8.54. The molecule has 0 radical (unpaired) electrons. The van der Waals surface area contributed by atoms with Crippen LogP contribution < -0.4 is 10.6 Å². The van der Waals surface area contributed by atoms with Gasteiger partial charge in [-0.05, 0) is 30.2 Å². The van der Waals surface area contributed by atoms with E-state index >= 15 is 0 Å². The fourth-order valence-electron chi connectivity index (χ4n) is 2.32. The number of nitrogens with zero attached hydrogens (tertiary/aromatic N) is 2. The first-order valence-corrected chi connectivity index (χ1v) is 11.1. The van der Waals surface area contributed by atoms with E-state index in [2.05, 4.69) is 20.8 Å². The molecule has 2 N–H and O–H groups in total. The zero-order valence-corrected chi connectivity index (χ0v) is 18.2. The highest BCUT2D eigenvalue weighted by Gasteiger charge is 2.14. The Balaban J connectivity index is 1.44. The van der Waals surface area contributed by atoms with Gasteiger partial charge in [-0.1, -0.05) is 76.6 Å². The van der Waals surface area contributed by atoms with Crippen LogP contribution in [0, 0.1) is 0 Å². The number of hydrogen-bond acceptors (Lipinski definition) is 6. The molecule has 150 valence electrons. The van der Waals surface area contributed by atoms with E-state index in [0.29, 0.717) is 21.0 Å². The van der Waals surface area contributed by atoms with Crippen LogP contribution in [0.1, 0.15) is 15.9 Å². The van der Waals surface area contributed by atoms with Crippen molar-refractivity contribution in [2.24, 2.45) is 0 Å². The SMILES string of the molecule is O=C(CSc1nnc(NC(=O)c2cc(Cl)ccc2Cl)s1)NCCc1ccccc1. The van der Waals surface area contributed by atoms with E-state index in [0.717, 1.165) is 6.42 Å². The topological polar surface area (TPSA) is 84.0 Å². The Morgan fingerprint density at radius 1 is 1.07 bits per heavy atom. The third kappa shape index (κ3) is 6.71. The summed E-state index contributed by atoms with van der Waals surface area (Å²) < 4.78 is 0.579. The smallest absolute Gasteiger partial charge is 0.259 e. The molecule has 3 aromatic rings. The van der Waals surface area contributed by atoms with Crippen molar-refractivity contribution in [2.45, 2.75) is 10.8 Å². The summed E-state index contributed by atoms with van der Waals surface area (Å²) in [5.41, 5.74) is 1.42. The number of carbonyl (C=O) groups is 2. The highest BCUT2D eigenvalue weighted by atomic mass is 35.5. The maximum absolute atomic E-state index is 12.3. The normalized spacial score (nSPS) is 10.6. The minimum Gasteiger partial charge on any atom is -0.355 e. The van der Waals surface area contributed by atoms with E-state index in [9.17, 15) is 9.59 Å². The van der Waals surface area contributed by atoms with Gasteiger partial charge in [0.1, 0.15) is 0 Å². The van der Waals surface area contributed by atoms with Crippen molar-refractivity contribution < 1.29 is 9.59 Å². The molecule has 6 nitrogen and oxygen atoms in total. The van der Waals surface area contributed by atoms with Crippen molar-refractivity contribution in [1.82, 2.24) is 15.5 Å². The van der Waals surface area contributed by atoms with Crippen LogP contribution >= 0.6 is 46.3 Å². The van der Waals surface area contributed by atoms with Crippen molar-refractivity contribution >= 4 is 63.2 Å². The van der Waals surface area contributed by atoms with Gasteiger partial charge in [-0.3, -0.25) is 14.9 Å². The van der Waals surface area contributed by atoms with Crippen LogP contribution in [0.2, 0.25) is 10.0 Å². The summed E-state index contributed by atoms with van der Waals surface area (Å²) in [7, 11) is 0. The van der Waals surface area contributed by atoms with Gasteiger partial charge in [-0.15, -0.1) is 10.2 Å². The maximum atomic E-state index is 12.3. The Kier molecular flexibility index (Phi) is 7.88. The molecule has 29 heavy (non-hydrogen) atoms. The van der Waals surface area contributed by atoms with Gasteiger partial charge in [0.05, 0.1) is 16.3 Å². The highest BCUT2D eigenvalue weighted by molar-refractivity contribution is 8.01. The number of aromatic nitrogens is 2. The molecule has 0 unspecified atom stereocenters. The summed E-state index contributed by atoms with van der Waals surface area (Å²) in [5.74, 6) is -0.293. The summed E-state index contributed by atoms with van der Waals surface area (Å²) in [6, 6.07) is 14.6. The number of amides is 2. The van der Waals surface area contributed by atoms with Gasteiger partial charge in [0.15, 0.2) is 4.34 Å². The third-order valence-electron chi connectivity index (χ3n) is 3.71. The summed E-state index contributed by atoms with van der Waals surface area (Å²) in [6.07, 6.45) is 0.776. The monoisotopic (exact) mass is 466 g/mol. The van der Waals surface area contributed by atoms with Crippen LogP contribution in [0.25, 0.3) is 0 Å². The second-order valence-corrected chi connectivity index (χ2v) is 8.87. The van der Waals surface area contributed by atoms with Crippen molar-refractivity contribution in [3.05, 3.63) is 69.7 Å². The van der Waals surface area contributed by atoms with Crippen LogP contribution in [-0.2, 0) is 11.2 Å². The molecule has 0 saturated carbocycles. The molecule has 0 atom stereocenters. The van der Waals surface area contributed by atoms with Gasteiger partial charge in [-0.25, -0.2) is 0 Å². The summed E-state index contributed by atoms with van der Waals surface area (Å²) in [5, 5.41) is 14.4. The molecule has 0 aliphatic rings. The van der Waals surface area contributed by atoms with Gasteiger partial charge in [0, 0.05) is 11.6 Å². The predicted molar refractivity (Wildman–Crippen MR) is 118 cm³/mol. The molecule has 0 aliphatic carbocycles. The number of hydrogen-bond donors (Lipinski definition) is 2. The number of rotatable bonds is 8. The zero-order chi connectivity index (χ0) is 20.6. The number of nitrogens with one attached hydrogen (secondary N) is 2. The molecule has 0 bridgehead atoms. The average Bonchev–Trinajstić information content (AvgIpc) is 3.16. The summed E-state index contributed by atoms with van der Waals surface area (Å²) in [6.45, 7) is 0.571. The number of benzene rings is 2. The fraction of sp³-hybridized carbons (Fsp3) is 0.158. The van der Waals surface area contributed by atoms with Gasteiger partial charge >= 0.3 is 0 Å². The van der Waals surface area contributed by atoms with Crippen molar-refractivity contribution in [1.29, 1.82) is 0 Å². The lowest BCUT2D eigenvalue weighted by atomic mass is 10.1. The van der Waals surface area contributed by atoms with Gasteiger partial charge in [0.2, 0.25) is 11.0 Å². The third-order valence-corrected chi connectivity index (χ3v) is 6.24. The van der Waals surface area contributed by atoms with Crippen molar-refractivity contribution in [3.8, 4) is 0 Å². The van der Waals surface area contributed by atoms with Crippen molar-refractivity contribution in [2.75, 3.05) is 17.6 Å². The first-order chi connectivity index (χ1) is 14.0. The fourth-order valence-corrected chi connectivity index (χ4v) is 4.28. The molecule has 1 aromatic heterocycles. The Bertz CT molecular complexity index is 999. The van der Waals surface area contributed by atoms with E-state index in [1.54, 1.807) is 12.1 Å². The molecule has 2 aromatic carbocycles. The predicted octanol–water partition coefficient (Wildman–Crippen LogP) is 4.55. The van der Waals surface area contributed by atoms with Crippen molar-refractivity contribution in [3.63, 3.8) is 0 Å². The number of anilines is 1. The Morgan fingerprint density at radius 2 is 1.86 bits per heavy atom. The largest absolute Gasteiger partial charge is 0.355 e. The second-order valence-electron chi connectivity index (χ2n) is 5.83. The van der Waals surface area contributed by atoms with Crippen LogP contribution in [0.3, 0.4) is 0 Å². The standard InChI is InChI=1S/C19H16Cl2N4O2S2/c20-13-6-7-15(21)14(10-13)17(27)23-18-24-25-19(29-18)28-11-16(26)22-9-8-12-4-2-1-3-5-12/h1-7,10H,8-9,11H2,(H,22,26)(H,23,24,27). The Hall–Kier alpha value is -2.13. The Labute approximate surface area is 186 Å². The minimum absolute atomic E-state index is 0.0857. The minimum atomic E-state index is -0.427. The maximum Gasteiger partial charge on any atom is 0.259 e. The molecule has 0 saturated heterocycles. The number of thioether (sulfide) groups is 1. The molecule has 3 rings (SSSR count). The highest BCUT2D eigenvalue weighted by Crippen LogP contribution is 2.27. The molecule has 0 fully saturated rings. The zero-order valence-electron chi connectivity index (χ0n) is 15.0. The molecule has 0 spiro atoms. The lowest BCUT2D eigenvalue weighted by molar-refractivity contribution is -0.118. The van der Waals surface area contributed by atoms with Gasteiger partial charge < -0.3 is 5.32 Å². The van der Waals surface area contributed by atoms with E-state index in [1.807, 2.05) is 30.3 Å². The van der Waals surface area contributed by atoms with Crippen LogP contribution in [-0.4, -0.2) is 34.3 Å². The number of carbonyl (C=O) groups excluding carboxylic acids is 2. The molecular weight excluding hydrogens is 451 g/mol. The van der Waals surface area contributed by atoms with E-state index in [4.69, 9.17) is 23.2 Å². The van der Waals surface area contributed by atoms with Crippen LogP contribution in [0.5, 0.6) is 0 Å². The lowest BCUT2D eigenvalue weighted by Crippen LogP contribution is -2.27. The average molecular weight is 467 g/mol. The van der Waals surface area contributed by atoms with Crippen LogP contribution in [0.4, 0.5) is 5.13 Å². The molecular formula is C19H16Cl2N4O2S2. The Morgan fingerprint density at radius 3 is 2.66 bits per heavy atom. The van der Waals surface area contributed by atoms with E-state index < -0.39 is 5.91 Å². The summed E-state index contributed by atoms with van der Waals surface area (Å²) >= 11 is 14.4. The van der Waals surface area contributed by atoms with E-state index in [1.165, 1.54) is 34.7 Å². The quantitative estimate of drug-likeness (QED) is 0.375. The molecule has 1 heterocycles. The molecule has 2 amide bonds. The first kappa shape index (κ1) is 21.6.